The summed E-state index contributed by atoms with van der Waals surface area (Å²) in [7, 11) is 0. The predicted octanol–water partition coefficient (Wildman–Crippen LogP) is 11.8. The number of rotatable bonds is 4. The van der Waals surface area contributed by atoms with Crippen molar-refractivity contribution in [3.8, 4) is 67.2 Å². The standard InChI is InChI=1S/C44H26N2O/c1-3-11-27(12-4-1)28-21-23-30(24-22-28)44-45-26-37(43(46-44)29-13-5-2-6-14-29)33-18-9-16-31-32-17-10-19-35-41(32)36(40(31)33)25-39-42(35)34-15-7-8-20-38(34)47-39/h1-26H. The van der Waals surface area contributed by atoms with Gasteiger partial charge in [-0.3, -0.25) is 0 Å². The van der Waals surface area contributed by atoms with E-state index in [1.54, 1.807) is 0 Å². The maximum atomic E-state index is 6.46. The average molecular weight is 599 g/mol. The number of fused-ring (bicyclic) bond motifs is 7. The van der Waals surface area contributed by atoms with Gasteiger partial charge >= 0.3 is 0 Å². The fraction of sp³-hybridized carbons (Fsp3) is 0. The molecule has 2 heterocycles. The molecule has 0 fully saturated rings. The molecule has 1 aliphatic rings. The van der Waals surface area contributed by atoms with E-state index in [9.17, 15) is 0 Å². The van der Waals surface area contributed by atoms with Gasteiger partial charge in [0.1, 0.15) is 11.2 Å². The molecule has 2 aromatic heterocycles. The minimum Gasteiger partial charge on any atom is -0.456 e. The van der Waals surface area contributed by atoms with Crippen molar-refractivity contribution < 1.29 is 4.42 Å². The van der Waals surface area contributed by atoms with Crippen LogP contribution in [-0.2, 0) is 0 Å². The smallest absolute Gasteiger partial charge is 0.159 e. The van der Waals surface area contributed by atoms with Crippen molar-refractivity contribution in [2.45, 2.75) is 0 Å². The van der Waals surface area contributed by atoms with Gasteiger partial charge in [0, 0.05) is 33.7 Å². The van der Waals surface area contributed by atoms with Gasteiger partial charge in [-0.25, -0.2) is 9.97 Å². The number of hydrogen-bond donors (Lipinski definition) is 0. The number of furan rings is 1. The van der Waals surface area contributed by atoms with Gasteiger partial charge < -0.3 is 4.42 Å². The second kappa shape index (κ2) is 10.1. The van der Waals surface area contributed by atoms with Crippen LogP contribution in [0.3, 0.4) is 0 Å². The Labute approximate surface area is 271 Å². The minimum atomic E-state index is 0.703. The molecular weight excluding hydrogens is 572 g/mol. The summed E-state index contributed by atoms with van der Waals surface area (Å²) in [5.74, 6) is 0.703. The third kappa shape index (κ3) is 3.93. The van der Waals surface area contributed by atoms with Crippen molar-refractivity contribution in [1.82, 2.24) is 9.97 Å². The summed E-state index contributed by atoms with van der Waals surface area (Å²) in [6.07, 6.45) is 2.01. The first-order valence-electron chi connectivity index (χ1n) is 15.9. The van der Waals surface area contributed by atoms with Crippen LogP contribution in [0.4, 0.5) is 0 Å². The lowest BCUT2D eigenvalue weighted by molar-refractivity contribution is 0.669. The fourth-order valence-corrected chi connectivity index (χ4v) is 7.39. The Morgan fingerprint density at radius 2 is 1.02 bits per heavy atom. The Hall–Kier alpha value is -6.32. The van der Waals surface area contributed by atoms with Crippen LogP contribution in [0.5, 0.6) is 0 Å². The summed E-state index contributed by atoms with van der Waals surface area (Å²) in [6.45, 7) is 0. The molecule has 0 N–H and O–H groups in total. The molecule has 7 aromatic carbocycles. The molecule has 0 saturated heterocycles. The molecule has 10 rings (SSSR count). The summed E-state index contributed by atoms with van der Waals surface area (Å²) in [5, 5.41) is 4.81. The Morgan fingerprint density at radius 1 is 0.404 bits per heavy atom. The zero-order valence-electron chi connectivity index (χ0n) is 25.3. The Bertz CT molecular complexity index is 2650. The Morgan fingerprint density at radius 3 is 1.83 bits per heavy atom. The number of nitrogens with zero attached hydrogens (tertiary/aromatic N) is 2. The van der Waals surface area contributed by atoms with Crippen LogP contribution >= 0.6 is 0 Å². The topological polar surface area (TPSA) is 38.9 Å². The van der Waals surface area contributed by atoms with Gasteiger partial charge in [0.2, 0.25) is 0 Å². The van der Waals surface area contributed by atoms with Crippen LogP contribution in [0.15, 0.2) is 162 Å². The van der Waals surface area contributed by atoms with Gasteiger partial charge in [0.05, 0.1) is 5.69 Å². The molecule has 0 atom stereocenters. The molecule has 3 heteroatoms. The third-order valence-corrected chi connectivity index (χ3v) is 9.50. The van der Waals surface area contributed by atoms with Crippen LogP contribution in [0.25, 0.3) is 99.9 Å². The van der Waals surface area contributed by atoms with Crippen molar-refractivity contribution in [2.24, 2.45) is 0 Å². The third-order valence-electron chi connectivity index (χ3n) is 9.50. The van der Waals surface area contributed by atoms with E-state index in [2.05, 4.69) is 133 Å². The maximum absolute atomic E-state index is 6.46. The molecule has 0 unspecified atom stereocenters. The molecule has 0 spiro atoms. The minimum absolute atomic E-state index is 0.703. The van der Waals surface area contributed by atoms with E-state index in [0.717, 1.165) is 44.5 Å². The molecule has 218 valence electrons. The molecule has 0 radical (unpaired) electrons. The SMILES string of the molecule is c1ccc(-c2ccc(-c3ncc(-c4cccc5c4-c4cc6oc7ccccc7c6c6cccc-5c46)c(-c4ccccc4)n3)cc2)cc1. The first-order chi connectivity index (χ1) is 23.3. The van der Waals surface area contributed by atoms with Crippen LogP contribution in [0, 0.1) is 0 Å². The molecule has 0 saturated carbocycles. The first-order valence-corrected chi connectivity index (χ1v) is 15.9. The van der Waals surface area contributed by atoms with E-state index in [1.807, 2.05) is 24.4 Å². The fourth-order valence-electron chi connectivity index (χ4n) is 7.39. The summed E-state index contributed by atoms with van der Waals surface area (Å²) in [6, 6.07) is 53.2. The number of benzene rings is 7. The van der Waals surface area contributed by atoms with Crippen LogP contribution in [0.2, 0.25) is 0 Å². The summed E-state index contributed by atoms with van der Waals surface area (Å²) in [5.41, 5.74) is 14.1. The van der Waals surface area contributed by atoms with Crippen molar-refractivity contribution in [3.63, 3.8) is 0 Å². The highest BCUT2D eigenvalue weighted by Crippen LogP contribution is 2.54. The van der Waals surface area contributed by atoms with E-state index in [0.29, 0.717) is 5.82 Å². The van der Waals surface area contributed by atoms with Crippen LogP contribution in [-0.4, -0.2) is 9.97 Å². The highest BCUT2D eigenvalue weighted by Gasteiger charge is 2.28. The van der Waals surface area contributed by atoms with Gasteiger partial charge in [0.25, 0.3) is 0 Å². The van der Waals surface area contributed by atoms with E-state index in [-0.39, 0.29) is 0 Å². The van der Waals surface area contributed by atoms with Crippen molar-refractivity contribution in [1.29, 1.82) is 0 Å². The quantitative estimate of drug-likeness (QED) is 0.202. The van der Waals surface area contributed by atoms with Crippen molar-refractivity contribution in [3.05, 3.63) is 158 Å². The molecular formula is C44H26N2O. The second-order valence-electron chi connectivity index (χ2n) is 12.1. The van der Waals surface area contributed by atoms with Crippen molar-refractivity contribution in [2.75, 3.05) is 0 Å². The number of aromatic nitrogens is 2. The maximum Gasteiger partial charge on any atom is 0.159 e. The molecule has 9 aromatic rings. The van der Waals surface area contributed by atoms with Gasteiger partial charge in [-0.2, -0.15) is 0 Å². The van der Waals surface area contributed by atoms with Gasteiger partial charge in [-0.1, -0.05) is 140 Å². The van der Waals surface area contributed by atoms with Crippen molar-refractivity contribution >= 4 is 32.7 Å². The Kier molecular flexibility index (Phi) is 5.57. The van der Waals surface area contributed by atoms with Crippen LogP contribution in [0.1, 0.15) is 0 Å². The highest BCUT2D eigenvalue weighted by molar-refractivity contribution is 6.29. The lowest BCUT2D eigenvalue weighted by Crippen LogP contribution is -1.97. The monoisotopic (exact) mass is 598 g/mol. The summed E-state index contributed by atoms with van der Waals surface area (Å²) >= 11 is 0. The molecule has 0 amide bonds. The molecule has 3 nitrogen and oxygen atoms in total. The second-order valence-corrected chi connectivity index (χ2v) is 12.1. The molecule has 1 aliphatic carbocycles. The zero-order chi connectivity index (χ0) is 30.9. The normalized spacial score (nSPS) is 11.8. The first kappa shape index (κ1) is 26.0. The van der Waals surface area contributed by atoms with Crippen LogP contribution < -0.4 is 0 Å². The number of para-hydroxylation sites is 1. The zero-order valence-corrected chi connectivity index (χ0v) is 25.3. The lowest BCUT2D eigenvalue weighted by Gasteiger charge is -2.15. The van der Waals surface area contributed by atoms with E-state index < -0.39 is 0 Å². The van der Waals surface area contributed by atoms with E-state index in [1.165, 1.54) is 49.5 Å². The predicted molar refractivity (Wildman–Crippen MR) is 193 cm³/mol. The highest BCUT2D eigenvalue weighted by atomic mass is 16.3. The van der Waals surface area contributed by atoms with E-state index >= 15 is 0 Å². The largest absolute Gasteiger partial charge is 0.456 e. The molecule has 0 bridgehead atoms. The number of hydrogen-bond acceptors (Lipinski definition) is 3. The lowest BCUT2D eigenvalue weighted by atomic mass is 9.91. The average Bonchev–Trinajstić information content (AvgIpc) is 3.69. The Balaban J connectivity index is 1.18. The van der Waals surface area contributed by atoms with Gasteiger partial charge in [0.15, 0.2) is 5.82 Å². The van der Waals surface area contributed by atoms with E-state index in [4.69, 9.17) is 14.4 Å². The van der Waals surface area contributed by atoms with Gasteiger partial charge in [-0.05, 0) is 61.8 Å². The molecule has 47 heavy (non-hydrogen) atoms. The van der Waals surface area contributed by atoms with Gasteiger partial charge in [-0.15, -0.1) is 0 Å². The summed E-state index contributed by atoms with van der Waals surface area (Å²) < 4.78 is 6.46. The summed E-state index contributed by atoms with van der Waals surface area (Å²) in [4.78, 5) is 10.3. The molecule has 0 aliphatic heterocycles.